The molecular weight excluding hydrogens is 272 g/mol. The van der Waals surface area contributed by atoms with Crippen molar-refractivity contribution in [1.82, 2.24) is 4.31 Å². The molecule has 2 rings (SSSR count). The van der Waals surface area contributed by atoms with Crippen LogP contribution in [0.25, 0.3) is 0 Å². The highest BCUT2D eigenvalue weighted by Crippen LogP contribution is 2.27. The molecule has 0 aromatic heterocycles. The molecule has 6 heteroatoms. The van der Waals surface area contributed by atoms with Crippen LogP contribution in [0.5, 0.6) is 0 Å². The molecule has 1 fully saturated rings. The third-order valence-corrected chi connectivity index (χ3v) is 5.35. The van der Waals surface area contributed by atoms with Gasteiger partial charge in [-0.3, -0.25) is 0 Å². The van der Waals surface area contributed by atoms with Crippen molar-refractivity contribution in [3.8, 4) is 0 Å². The maximum atomic E-state index is 12.5. The first-order valence-corrected chi connectivity index (χ1v) is 7.68. The van der Waals surface area contributed by atoms with Crippen molar-refractivity contribution in [3.05, 3.63) is 35.2 Å². The van der Waals surface area contributed by atoms with Crippen LogP contribution in [0.3, 0.4) is 0 Å². The molecule has 1 aromatic rings. The van der Waals surface area contributed by atoms with Crippen LogP contribution in [0.2, 0.25) is 5.02 Å². The number of rotatable bonds is 3. The van der Waals surface area contributed by atoms with E-state index in [0.717, 1.165) is 12.8 Å². The maximum absolute atomic E-state index is 12.5. The Labute approximate surface area is 113 Å². The lowest BCUT2D eigenvalue weighted by atomic mass is 10.2. The molecule has 0 unspecified atom stereocenters. The summed E-state index contributed by atoms with van der Waals surface area (Å²) in [4.78, 5) is 0.229. The number of benzene rings is 1. The van der Waals surface area contributed by atoms with E-state index in [2.05, 4.69) is 0 Å². The lowest BCUT2D eigenvalue weighted by Crippen LogP contribution is -2.36. The van der Waals surface area contributed by atoms with Gasteiger partial charge in [0.2, 0.25) is 10.0 Å². The van der Waals surface area contributed by atoms with Crippen molar-refractivity contribution in [2.24, 2.45) is 5.73 Å². The average molecular weight is 288 g/mol. The monoisotopic (exact) mass is 287 g/mol. The van der Waals surface area contributed by atoms with E-state index in [-0.39, 0.29) is 11.4 Å². The van der Waals surface area contributed by atoms with Gasteiger partial charge in [0.25, 0.3) is 0 Å². The predicted molar refractivity (Wildman–Crippen MR) is 71.6 cm³/mol. The second-order valence-corrected chi connectivity index (χ2v) is 6.53. The Bertz CT molecular complexity index is 525. The summed E-state index contributed by atoms with van der Waals surface area (Å²) in [6.45, 7) is 1.13. The number of nitrogens with zero attached hydrogens (tertiary/aromatic N) is 1. The molecule has 0 amide bonds. The molecular formula is C12H16ClN2O2S. The van der Waals surface area contributed by atoms with Crippen molar-refractivity contribution in [1.29, 1.82) is 0 Å². The van der Waals surface area contributed by atoms with Gasteiger partial charge in [0.15, 0.2) is 0 Å². The Hall–Kier alpha value is -0.620. The van der Waals surface area contributed by atoms with E-state index in [0.29, 0.717) is 23.7 Å². The number of hydrogen-bond donors (Lipinski definition) is 1. The van der Waals surface area contributed by atoms with Gasteiger partial charge in [0.05, 0.1) is 4.90 Å². The summed E-state index contributed by atoms with van der Waals surface area (Å²) in [6.07, 6.45) is 3.80. The Balaban J connectivity index is 2.43. The lowest BCUT2D eigenvalue weighted by Gasteiger charge is -2.26. The molecule has 0 bridgehead atoms. The smallest absolute Gasteiger partial charge is 0.243 e. The van der Waals surface area contributed by atoms with Crippen molar-refractivity contribution in [2.75, 3.05) is 13.1 Å². The molecule has 0 aliphatic carbocycles. The molecule has 1 heterocycles. The van der Waals surface area contributed by atoms with Crippen molar-refractivity contribution in [3.63, 3.8) is 0 Å². The standard InChI is InChI=1S/C12H16ClN2O2S/c13-11-5-4-6-12(10(11)9-14)18(16,17)15-7-2-1-3-8-15/h2,4-6H,1,3,7-9,14H2. The molecule has 1 aliphatic heterocycles. The predicted octanol–water partition coefficient (Wildman–Crippen LogP) is 1.79. The van der Waals surface area contributed by atoms with Gasteiger partial charge in [-0.2, -0.15) is 4.31 Å². The minimum absolute atomic E-state index is 0.117. The summed E-state index contributed by atoms with van der Waals surface area (Å²) in [6, 6.07) is 4.87. The fraction of sp³-hybridized carbons (Fsp3) is 0.417. The van der Waals surface area contributed by atoms with E-state index in [4.69, 9.17) is 17.3 Å². The number of halogens is 1. The number of sulfonamides is 1. The van der Waals surface area contributed by atoms with Crippen molar-refractivity contribution < 1.29 is 8.42 Å². The van der Waals surface area contributed by atoms with E-state index in [1.54, 1.807) is 18.2 Å². The molecule has 2 N–H and O–H groups in total. The van der Waals surface area contributed by atoms with E-state index >= 15 is 0 Å². The van der Waals surface area contributed by atoms with E-state index in [1.807, 2.05) is 6.42 Å². The topological polar surface area (TPSA) is 63.4 Å². The first-order chi connectivity index (χ1) is 8.57. The number of hydrogen-bond acceptors (Lipinski definition) is 3. The summed E-state index contributed by atoms with van der Waals surface area (Å²) < 4.78 is 26.5. The molecule has 99 valence electrons. The molecule has 4 nitrogen and oxygen atoms in total. The van der Waals surface area contributed by atoms with Gasteiger partial charge in [-0.1, -0.05) is 17.7 Å². The van der Waals surface area contributed by atoms with Crippen LogP contribution in [-0.2, 0) is 16.6 Å². The maximum Gasteiger partial charge on any atom is 0.243 e. The number of piperidine rings is 1. The summed E-state index contributed by atoms with van der Waals surface area (Å²) >= 11 is 6.00. The van der Waals surface area contributed by atoms with Crippen LogP contribution in [0.15, 0.2) is 23.1 Å². The van der Waals surface area contributed by atoms with Gasteiger partial charge in [-0.15, -0.1) is 0 Å². The largest absolute Gasteiger partial charge is 0.326 e. The van der Waals surface area contributed by atoms with Crippen LogP contribution in [-0.4, -0.2) is 25.8 Å². The molecule has 1 radical (unpaired) electrons. The van der Waals surface area contributed by atoms with E-state index in [9.17, 15) is 8.42 Å². The quantitative estimate of drug-likeness (QED) is 0.922. The minimum atomic E-state index is -3.49. The zero-order chi connectivity index (χ0) is 13.2. The fourth-order valence-corrected chi connectivity index (χ4v) is 4.09. The van der Waals surface area contributed by atoms with Crippen LogP contribution < -0.4 is 5.73 Å². The van der Waals surface area contributed by atoms with Gasteiger partial charge in [-0.25, -0.2) is 8.42 Å². The van der Waals surface area contributed by atoms with Gasteiger partial charge in [0.1, 0.15) is 0 Å². The van der Waals surface area contributed by atoms with E-state index < -0.39 is 10.0 Å². The van der Waals surface area contributed by atoms with Gasteiger partial charge < -0.3 is 5.73 Å². The molecule has 0 saturated carbocycles. The molecule has 0 atom stereocenters. The third kappa shape index (κ3) is 2.54. The van der Waals surface area contributed by atoms with Gasteiger partial charge >= 0.3 is 0 Å². The van der Waals surface area contributed by atoms with Gasteiger partial charge in [-0.05, 0) is 31.4 Å². The Morgan fingerprint density at radius 2 is 2.17 bits per heavy atom. The average Bonchev–Trinajstić information content (AvgIpc) is 2.39. The van der Waals surface area contributed by atoms with Crippen molar-refractivity contribution >= 4 is 21.6 Å². The minimum Gasteiger partial charge on any atom is -0.326 e. The highest BCUT2D eigenvalue weighted by Gasteiger charge is 2.28. The Morgan fingerprint density at radius 3 is 2.78 bits per heavy atom. The van der Waals surface area contributed by atoms with Crippen LogP contribution in [0.1, 0.15) is 18.4 Å². The van der Waals surface area contributed by atoms with Crippen LogP contribution >= 0.6 is 11.6 Å². The molecule has 1 aromatic carbocycles. The van der Waals surface area contributed by atoms with Gasteiger partial charge in [0, 0.05) is 30.2 Å². The fourth-order valence-electron chi connectivity index (χ4n) is 2.07. The Morgan fingerprint density at radius 1 is 1.39 bits per heavy atom. The molecule has 0 spiro atoms. The first kappa shape index (κ1) is 13.8. The Kier molecular flexibility index (Phi) is 4.27. The van der Waals surface area contributed by atoms with Crippen LogP contribution in [0, 0.1) is 6.42 Å². The molecule has 1 aliphatic rings. The number of nitrogens with two attached hydrogens (primary N) is 1. The van der Waals surface area contributed by atoms with Crippen molar-refractivity contribution in [2.45, 2.75) is 24.3 Å². The second kappa shape index (κ2) is 5.57. The third-order valence-electron chi connectivity index (χ3n) is 3.05. The summed E-state index contributed by atoms with van der Waals surface area (Å²) in [5.74, 6) is 0. The first-order valence-electron chi connectivity index (χ1n) is 5.86. The summed E-state index contributed by atoms with van der Waals surface area (Å²) in [5.41, 5.74) is 6.09. The second-order valence-electron chi connectivity index (χ2n) is 4.21. The normalized spacial score (nSPS) is 17.9. The zero-order valence-electron chi connectivity index (χ0n) is 9.97. The lowest BCUT2D eigenvalue weighted by molar-refractivity contribution is 0.391. The highest BCUT2D eigenvalue weighted by molar-refractivity contribution is 7.89. The summed E-state index contributed by atoms with van der Waals surface area (Å²) in [5, 5.41) is 0.402. The zero-order valence-corrected chi connectivity index (χ0v) is 11.5. The highest BCUT2D eigenvalue weighted by atomic mass is 35.5. The van der Waals surface area contributed by atoms with Crippen LogP contribution in [0.4, 0.5) is 0 Å². The molecule has 18 heavy (non-hydrogen) atoms. The SMILES string of the molecule is NCc1c(Cl)cccc1S(=O)(=O)N1C[CH]CCC1. The van der Waals surface area contributed by atoms with E-state index in [1.165, 1.54) is 4.31 Å². The summed E-state index contributed by atoms with van der Waals surface area (Å²) in [7, 11) is -3.49. The molecule has 1 saturated heterocycles.